The lowest BCUT2D eigenvalue weighted by molar-refractivity contribution is 0.00578. The third-order valence-corrected chi connectivity index (χ3v) is 4.60. The predicted molar refractivity (Wildman–Crippen MR) is 79.3 cm³/mol. The molecule has 2 fully saturated rings. The SMILES string of the molecule is CC1(C)OB(c2cccc(N3CC(F)C3)c2)OC1(C)C. The van der Waals surface area contributed by atoms with Gasteiger partial charge < -0.3 is 14.2 Å². The Morgan fingerprint density at radius 2 is 1.75 bits per heavy atom. The zero-order valence-electron chi connectivity index (χ0n) is 12.5. The third kappa shape index (κ3) is 2.23. The first kappa shape index (κ1) is 13.9. The number of alkyl halides is 1. The van der Waals surface area contributed by atoms with E-state index in [4.69, 9.17) is 9.31 Å². The smallest absolute Gasteiger partial charge is 0.399 e. The van der Waals surface area contributed by atoms with Crippen LogP contribution in [0.25, 0.3) is 0 Å². The Hall–Kier alpha value is -1.07. The zero-order valence-corrected chi connectivity index (χ0v) is 12.5. The van der Waals surface area contributed by atoms with Gasteiger partial charge in [-0.25, -0.2) is 4.39 Å². The van der Waals surface area contributed by atoms with Gasteiger partial charge in [-0.2, -0.15) is 0 Å². The summed E-state index contributed by atoms with van der Waals surface area (Å²) in [5.41, 5.74) is 1.35. The topological polar surface area (TPSA) is 21.7 Å². The highest BCUT2D eigenvalue weighted by Gasteiger charge is 2.51. The Balaban J connectivity index is 1.80. The summed E-state index contributed by atoms with van der Waals surface area (Å²) in [6.45, 7) is 9.12. The van der Waals surface area contributed by atoms with Gasteiger partial charge in [0.25, 0.3) is 0 Å². The Morgan fingerprint density at radius 3 is 2.30 bits per heavy atom. The fraction of sp³-hybridized carbons (Fsp3) is 0.600. The minimum absolute atomic E-state index is 0.339. The van der Waals surface area contributed by atoms with Crippen LogP contribution in [0.4, 0.5) is 10.1 Å². The number of rotatable bonds is 2. The number of halogens is 1. The van der Waals surface area contributed by atoms with E-state index < -0.39 is 6.17 Å². The minimum Gasteiger partial charge on any atom is -0.399 e. The molecule has 3 nitrogen and oxygen atoms in total. The molecule has 20 heavy (non-hydrogen) atoms. The van der Waals surface area contributed by atoms with Crippen LogP contribution in [-0.4, -0.2) is 37.6 Å². The van der Waals surface area contributed by atoms with Crippen molar-refractivity contribution in [2.24, 2.45) is 0 Å². The number of hydrogen-bond donors (Lipinski definition) is 0. The average molecular weight is 277 g/mol. The van der Waals surface area contributed by atoms with Gasteiger partial charge in [0.2, 0.25) is 0 Å². The maximum absolute atomic E-state index is 13.0. The molecule has 0 bridgehead atoms. The van der Waals surface area contributed by atoms with Crippen LogP contribution >= 0.6 is 0 Å². The van der Waals surface area contributed by atoms with Crippen molar-refractivity contribution in [3.8, 4) is 0 Å². The van der Waals surface area contributed by atoms with Crippen LogP contribution in [0.15, 0.2) is 24.3 Å². The van der Waals surface area contributed by atoms with E-state index in [1.165, 1.54) is 0 Å². The highest BCUT2D eigenvalue weighted by molar-refractivity contribution is 6.62. The first-order valence-electron chi connectivity index (χ1n) is 7.13. The number of nitrogens with zero attached hydrogens (tertiary/aromatic N) is 1. The molecule has 0 spiro atoms. The van der Waals surface area contributed by atoms with Crippen LogP contribution in [-0.2, 0) is 9.31 Å². The second-order valence-corrected chi connectivity index (χ2v) is 6.69. The van der Waals surface area contributed by atoms with Crippen molar-refractivity contribution in [1.82, 2.24) is 0 Å². The van der Waals surface area contributed by atoms with Gasteiger partial charge in [0.15, 0.2) is 0 Å². The molecule has 2 heterocycles. The van der Waals surface area contributed by atoms with E-state index in [0.717, 1.165) is 11.2 Å². The normalized spacial score (nSPS) is 24.9. The highest BCUT2D eigenvalue weighted by atomic mass is 19.1. The summed E-state index contributed by atoms with van der Waals surface area (Å²) in [5, 5.41) is 0. The van der Waals surface area contributed by atoms with E-state index in [2.05, 4.69) is 0 Å². The van der Waals surface area contributed by atoms with Crippen molar-refractivity contribution in [3.05, 3.63) is 24.3 Å². The average Bonchev–Trinajstić information content (AvgIpc) is 2.55. The van der Waals surface area contributed by atoms with Gasteiger partial charge in [-0.15, -0.1) is 0 Å². The summed E-state index contributed by atoms with van der Waals surface area (Å²) in [6.07, 6.45) is -0.699. The fourth-order valence-electron chi connectivity index (χ4n) is 2.48. The van der Waals surface area contributed by atoms with E-state index >= 15 is 0 Å². The van der Waals surface area contributed by atoms with Crippen molar-refractivity contribution in [2.75, 3.05) is 18.0 Å². The molecule has 0 radical (unpaired) electrons. The van der Waals surface area contributed by atoms with E-state index in [1.807, 2.05) is 56.9 Å². The molecule has 1 aromatic rings. The summed E-state index contributed by atoms with van der Waals surface area (Å²) < 4.78 is 25.1. The number of benzene rings is 1. The van der Waals surface area contributed by atoms with Crippen LogP contribution in [0.1, 0.15) is 27.7 Å². The molecular formula is C15H21BFNO2. The van der Waals surface area contributed by atoms with Crippen LogP contribution < -0.4 is 10.4 Å². The van der Waals surface area contributed by atoms with Gasteiger partial charge in [0, 0.05) is 5.69 Å². The molecule has 0 N–H and O–H groups in total. The molecular weight excluding hydrogens is 256 g/mol. The first-order chi connectivity index (χ1) is 9.28. The largest absolute Gasteiger partial charge is 0.494 e. The maximum Gasteiger partial charge on any atom is 0.494 e. The lowest BCUT2D eigenvalue weighted by Crippen LogP contribution is -2.49. The van der Waals surface area contributed by atoms with Crippen LogP contribution in [0.3, 0.4) is 0 Å². The maximum atomic E-state index is 13.0. The molecule has 3 rings (SSSR count). The molecule has 0 unspecified atom stereocenters. The minimum atomic E-state index is -0.699. The number of hydrogen-bond acceptors (Lipinski definition) is 3. The van der Waals surface area contributed by atoms with Crippen molar-refractivity contribution in [1.29, 1.82) is 0 Å². The van der Waals surface area contributed by atoms with Gasteiger partial charge in [0.1, 0.15) is 6.17 Å². The molecule has 0 aliphatic carbocycles. The molecule has 5 heteroatoms. The molecule has 2 aliphatic rings. The Bertz CT molecular complexity index is 498. The van der Waals surface area contributed by atoms with Crippen LogP contribution in [0.5, 0.6) is 0 Å². The molecule has 108 valence electrons. The van der Waals surface area contributed by atoms with Gasteiger partial charge in [-0.05, 0) is 45.3 Å². The molecule has 1 aromatic carbocycles. The summed E-state index contributed by atoms with van der Waals surface area (Å²) in [5.74, 6) is 0. The molecule has 0 atom stereocenters. The van der Waals surface area contributed by atoms with E-state index in [-0.39, 0.29) is 18.3 Å². The first-order valence-corrected chi connectivity index (χ1v) is 7.13. The standard InChI is InChI=1S/C15H21BFNO2/c1-14(2)15(3,4)20-16(19-14)11-6-5-7-13(8-11)18-9-12(17)10-18/h5-8,12H,9-10H2,1-4H3. The Kier molecular flexibility index (Phi) is 3.10. The second kappa shape index (κ2) is 4.47. The fourth-order valence-corrected chi connectivity index (χ4v) is 2.48. The Morgan fingerprint density at radius 1 is 1.15 bits per heavy atom. The van der Waals surface area contributed by atoms with E-state index in [1.54, 1.807) is 0 Å². The lowest BCUT2D eigenvalue weighted by Gasteiger charge is -2.36. The van der Waals surface area contributed by atoms with Crippen molar-refractivity contribution < 1.29 is 13.7 Å². The van der Waals surface area contributed by atoms with Crippen molar-refractivity contribution >= 4 is 18.3 Å². The lowest BCUT2D eigenvalue weighted by atomic mass is 9.79. The molecule has 0 saturated carbocycles. The Labute approximate surface area is 120 Å². The van der Waals surface area contributed by atoms with E-state index in [0.29, 0.717) is 13.1 Å². The van der Waals surface area contributed by atoms with Gasteiger partial charge in [-0.1, -0.05) is 12.1 Å². The summed E-state index contributed by atoms with van der Waals surface area (Å²) in [4.78, 5) is 2.03. The summed E-state index contributed by atoms with van der Waals surface area (Å²) >= 11 is 0. The van der Waals surface area contributed by atoms with Crippen LogP contribution in [0.2, 0.25) is 0 Å². The number of anilines is 1. The van der Waals surface area contributed by atoms with Gasteiger partial charge >= 0.3 is 7.12 Å². The third-order valence-electron chi connectivity index (χ3n) is 4.60. The van der Waals surface area contributed by atoms with Gasteiger partial charge in [-0.3, -0.25) is 0 Å². The molecule has 2 saturated heterocycles. The summed E-state index contributed by atoms with van der Waals surface area (Å²) in [6, 6.07) is 8.01. The van der Waals surface area contributed by atoms with Gasteiger partial charge in [0.05, 0.1) is 24.3 Å². The predicted octanol–water partition coefficient (Wildman–Crippen LogP) is 2.14. The molecule has 0 amide bonds. The van der Waals surface area contributed by atoms with Crippen molar-refractivity contribution in [2.45, 2.75) is 45.1 Å². The zero-order chi connectivity index (χ0) is 14.5. The quantitative estimate of drug-likeness (QED) is 0.773. The molecule has 0 aromatic heterocycles. The van der Waals surface area contributed by atoms with E-state index in [9.17, 15) is 4.39 Å². The molecule has 2 aliphatic heterocycles. The second-order valence-electron chi connectivity index (χ2n) is 6.69. The van der Waals surface area contributed by atoms with Crippen molar-refractivity contribution in [3.63, 3.8) is 0 Å². The highest BCUT2D eigenvalue weighted by Crippen LogP contribution is 2.36. The summed E-state index contributed by atoms with van der Waals surface area (Å²) in [7, 11) is -0.359. The monoisotopic (exact) mass is 277 g/mol. The van der Waals surface area contributed by atoms with Crippen LogP contribution in [0, 0.1) is 0 Å².